The Morgan fingerprint density at radius 1 is 1.30 bits per heavy atom. The number of non-ortho nitro benzene ring substituents is 1. The highest BCUT2D eigenvalue weighted by atomic mass is 16.7. The van der Waals surface area contributed by atoms with E-state index in [4.69, 9.17) is 15.3 Å². The zero-order chi connectivity index (χ0) is 21.4. The topological polar surface area (TPSA) is 182 Å². The molecule has 2 aliphatic heterocycles. The Hall–Kier alpha value is -3.10. The molecule has 30 heavy (non-hydrogen) atoms. The number of aromatic nitrogens is 2. The average molecular weight is 420 g/mol. The summed E-state index contributed by atoms with van der Waals surface area (Å²) in [7, 11) is 0. The smallest absolute Gasteiger partial charge is 0.269 e. The lowest BCUT2D eigenvalue weighted by molar-refractivity contribution is -0.384. The number of ether oxygens (including phenoxy) is 1. The number of aliphatic hydroxyl groups is 3. The van der Waals surface area contributed by atoms with Gasteiger partial charge in [0.2, 0.25) is 0 Å². The minimum atomic E-state index is -1.27. The van der Waals surface area contributed by atoms with E-state index in [1.165, 1.54) is 28.1 Å². The maximum Gasteiger partial charge on any atom is 0.269 e. The van der Waals surface area contributed by atoms with Crippen LogP contribution >= 0.6 is 0 Å². The lowest BCUT2D eigenvalue weighted by Crippen LogP contribution is -2.47. The summed E-state index contributed by atoms with van der Waals surface area (Å²) in [5.41, 5.74) is 7.18. The van der Waals surface area contributed by atoms with Gasteiger partial charge >= 0.3 is 0 Å². The van der Waals surface area contributed by atoms with Gasteiger partial charge in [-0.25, -0.2) is 15.0 Å². The molecule has 1 aromatic carbocycles. The van der Waals surface area contributed by atoms with Crippen molar-refractivity contribution in [2.75, 3.05) is 13.3 Å². The number of rotatable bonds is 6. The van der Waals surface area contributed by atoms with Gasteiger partial charge in [-0.2, -0.15) is 0 Å². The van der Waals surface area contributed by atoms with Crippen molar-refractivity contribution in [3.05, 3.63) is 57.1 Å². The van der Waals surface area contributed by atoms with Crippen LogP contribution < -0.4 is 16.6 Å². The van der Waals surface area contributed by atoms with E-state index in [0.29, 0.717) is 16.4 Å². The van der Waals surface area contributed by atoms with E-state index in [2.05, 4.69) is 9.98 Å². The molecule has 2 aliphatic rings. The van der Waals surface area contributed by atoms with Gasteiger partial charge in [-0.1, -0.05) is 0 Å². The Kier molecular flexibility index (Phi) is 5.36. The van der Waals surface area contributed by atoms with Crippen molar-refractivity contribution in [3.63, 3.8) is 0 Å². The van der Waals surface area contributed by atoms with Gasteiger partial charge in [0.25, 0.3) is 5.69 Å². The number of nitro groups is 1. The van der Waals surface area contributed by atoms with Crippen molar-refractivity contribution in [1.29, 1.82) is 0 Å². The highest BCUT2D eigenvalue weighted by molar-refractivity contribution is 5.35. The Morgan fingerprint density at radius 3 is 2.67 bits per heavy atom. The van der Waals surface area contributed by atoms with Crippen LogP contribution in [0.3, 0.4) is 0 Å². The predicted molar refractivity (Wildman–Crippen MR) is 98.2 cm³/mol. The summed E-state index contributed by atoms with van der Waals surface area (Å²) in [6.45, 7) is -0.299. The van der Waals surface area contributed by atoms with E-state index in [-0.39, 0.29) is 24.8 Å². The SMILES string of the molecule is NC1=c2ncn([C@@H]3O[C@H](CO)[C@@H](O)[C@H]3O)c2=NCN1OCc1ccc([N+](=O)[O-])cc1. The fourth-order valence-electron chi connectivity index (χ4n) is 3.29. The van der Waals surface area contributed by atoms with E-state index in [1.54, 1.807) is 12.1 Å². The van der Waals surface area contributed by atoms with Gasteiger partial charge in [-0.15, -0.1) is 0 Å². The highest BCUT2D eigenvalue weighted by Crippen LogP contribution is 2.27. The van der Waals surface area contributed by atoms with Crippen LogP contribution in [-0.4, -0.2) is 66.4 Å². The summed E-state index contributed by atoms with van der Waals surface area (Å²) >= 11 is 0. The van der Waals surface area contributed by atoms with Crippen molar-refractivity contribution in [1.82, 2.24) is 14.6 Å². The molecule has 1 aromatic heterocycles. The van der Waals surface area contributed by atoms with E-state index in [0.717, 1.165) is 0 Å². The molecule has 4 atom stereocenters. The summed E-state index contributed by atoms with van der Waals surface area (Å²) in [6, 6.07) is 5.93. The molecule has 13 nitrogen and oxygen atoms in total. The lowest BCUT2D eigenvalue weighted by atomic mass is 10.1. The number of nitrogens with zero attached hydrogens (tertiary/aromatic N) is 5. The Labute approximate surface area is 169 Å². The number of imidazole rings is 1. The van der Waals surface area contributed by atoms with Crippen LogP contribution in [0.1, 0.15) is 11.8 Å². The zero-order valence-corrected chi connectivity index (χ0v) is 15.6. The van der Waals surface area contributed by atoms with Crippen molar-refractivity contribution in [2.45, 2.75) is 31.1 Å². The molecule has 160 valence electrons. The second-order valence-electron chi connectivity index (χ2n) is 6.81. The number of benzene rings is 1. The number of hydroxylamine groups is 2. The van der Waals surface area contributed by atoms with E-state index in [1.807, 2.05) is 0 Å². The van der Waals surface area contributed by atoms with Crippen LogP contribution in [0.25, 0.3) is 5.82 Å². The maximum absolute atomic E-state index is 10.7. The summed E-state index contributed by atoms with van der Waals surface area (Å²) < 4.78 is 6.95. The van der Waals surface area contributed by atoms with Gasteiger partial charge in [0.05, 0.1) is 17.9 Å². The molecule has 1 saturated heterocycles. The molecule has 5 N–H and O–H groups in total. The van der Waals surface area contributed by atoms with Gasteiger partial charge in [0.1, 0.15) is 36.9 Å². The normalized spacial score (nSPS) is 25.8. The fourth-order valence-corrected chi connectivity index (χ4v) is 3.29. The largest absolute Gasteiger partial charge is 0.394 e. The minimum absolute atomic E-state index is 0.0159. The number of nitro benzene ring substituents is 1. The van der Waals surface area contributed by atoms with Crippen LogP contribution in [0.2, 0.25) is 0 Å². The van der Waals surface area contributed by atoms with Gasteiger partial charge in [-0.05, 0) is 17.7 Å². The molecular formula is C17H20N6O7. The minimum Gasteiger partial charge on any atom is -0.394 e. The number of hydrogen-bond donors (Lipinski definition) is 4. The summed E-state index contributed by atoms with van der Waals surface area (Å²) in [4.78, 5) is 24.5. The second kappa shape index (κ2) is 7.97. The molecule has 3 heterocycles. The third kappa shape index (κ3) is 3.48. The molecule has 0 bridgehead atoms. The lowest BCUT2D eigenvalue weighted by Gasteiger charge is -2.24. The van der Waals surface area contributed by atoms with E-state index in [9.17, 15) is 25.4 Å². The Balaban J connectivity index is 1.51. The highest BCUT2D eigenvalue weighted by Gasteiger charge is 2.44. The number of aliphatic hydroxyl groups excluding tert-OH is 3. The number of fused-ring (bicyclic) bond motifs is 1. The average Bonchev–Trinajstić information content (AvgIpc) is 3.29. The van der Waals surface area contributed by atoms with Gasteiger partial charge < -0.3 is 25.8 Å². The van der Waals surface area contributed by atoms with E-state index >= 15 is 0 Å². The molecule has 0 amide bonds. The Morgan fingerprint density at radius 2 is 2.03 bits per heavy atom. The Bertz CT molecular complexity index is 1060. The molecule has 2 aromatic rings. The zero-order valence-electron chi connectivity index (χ0n) is 15.6. The molecule has 0 saturated carbocycles. The first-order chi connectivity index (χ1) is 14.4. The monoisotopic (exact) mass is 420 g/mol. The molecule has 1 fully saturated rings. The summed E-state index contributed by atoms with van der Waals surface area (Å²) in [5, 5.41) is 41.8. The molecule has 13 heteroatoms. The third-order valence-electron chi connectivity index (χ3n) is 4.95. The van der Waals surface area contributed by atoms with Crippen LogP contribution in [0.15, 0.2) is 35.6 Å². The molecule has 0 spiro atoms. The first-order valence-corrected chi connectivity index (χ1v) is 9.04. The van der Waals surface area contributed by atoms with Gasteiger partial charge in [0.15, 0.2) is 17.5 Å². The number of nitrogens with two attached hydrogens (primary N) is 1. The van der Waals surface area contributed by atoms with Crippen molar-refractivity contribution in [2.24, 2.45) is 10.7 Å². The van der Waals surface area contributed by atoms with Crippen molar-refractivity contribution >= 4 is 11.5 Å². The summed E-state index contributed by atoms with van der Waals surface area (Å²) in [6.07, 6.45) is -3.04. The van der Waals surface area contributed by atoms with Crippen LogP contribution in [0.5, 0.6) is 0 Å². The van der Waals surface area contributed by atoms with Crippen molar-refractivity contribution in [3.8, 4) is 0 Å². The molecule has 0 unspecified atom stereocenters. The first kappa shape index (κ1) is 20.2. The summed E-state index contributed by atoms with van der Waals surface area (Å²) in [5.74, 6) is 0.187. The quantitative estimate of drug-likeness (QED) is 0.287. The first-order valence-electron chi connectivity index (χ1n) is 9.04. The van der Waals surface area contributed by atoms with Gasteiger partial charge in [-0.3, -0.25) is 19.5 Å². The maximum atomic E-state index is 10.7. The van der Waals surface area contributed by atoms with Crippen LogP contribution in [0, 0.1) is 10.1 Å². The standard InChI is InChI=1S/C17H20N6O7/c18-15-12-16(21(7-19-12)17-14(26)13(25)11(5-24)30-17)20-8-22(15)29-6-9-1-3-10(4-2-9)23(27)28/h1-4,7,11,13-14,17,24-26H,5-6,8,18H2/t11-,13-,14-,17-/m1/s1. The van der Waals surface area contributed by atoms with Crippen LogP contribution in [-0.2, 0) is 16.2 Å². The molecule has 0 radical (unpaired) electrons. The van der Waals surface area contributed by atoms with Crippen molar-refractivity contribution < 1.29 is 29.8 Å². The molecular weight excluding hydrogens is 400 g/mol. The van der Waals surface area contributed by atoms with Crippen LogP contribution in [0.4, 0.5) is 5.69 Å². The molecule has 4 rings (SSSR count). The third-order valence-corrected chi connectivity index (χ3v) is 4.95. The predicted octanol–water partition coefficient (Wildman–Crippen LogP) is -2.55. The number of hydrogen-bond acceptors (Lipinski definition) is 11. The van der Waals surface area contributed by atoms with E-state index < -0.39 is 36.1 Å². The second-order valence-corrected chi connectivity index (χ2v) is 6.81. The van der Waals surface area contributed by atoms with Gasteiger partial charge in [0, 0.05) is 12.1 Å². The molecule has 0 aliphatic carbocycles. The fraction of sp³-hybridized carbons (Fsp3) is 0.412.